The molecule has 0 bridgehead atoms. The molecule has 0 saturated heterocycles. The molecule has 0 saturated carbocycles. The summed E-state index contributed by atoms with van der Waals surface area (Å²) in [5, 5.41) is 0. The van der Waals surface area contributed by atoms with E-state index in [0.717, 1.165) is 18.6 Å². The third-order valence-electron chi connectivity index (χ3n) is 2.06. The van der Waals surface area contributed by atoms with Crippen molar-refractivity contribution in [2.75, 3.05) is 7.05 Å². The Bertz CT molecular complexity index is 309. The molecule has 0 heterocycles. The van der Waals surface area contributed by atoms with Crippen molar-refractivity contribution in [3.8, 4) is 0 Å². The van der Waals surface area contributed by atoms with Crippen molar-refractivity contribution in [3.05, 3.63) is 42.0 Å². The molecule has 1 nitrogen and oxygen atoms in total. The van der Waals surface area contributed by atoms with Crippen LogP contribution >= 0.6 is 0 Å². The molecule has 14 heavy (non-hydrogen) atoms. The van der Waals surface area contributed by atoms with E-state index < -0.39 is 0 Å². The number of aliphatic imine (C=N–C) groups is 1. The third-order valence-corrected chi connectivity index (χ3v) is 2.06. The van der Waals surface area contributed by atoms with Crippen molar-refractivity contribution in [1.82, 2.24) is 0 Å². The SMILES string of the molecule is CCCC(/C=C/c1ccccc1)=NC. The molecule has 0 radical (unpaired) electrons. The van der Waals surface area contributed by atoms with Gasteiger partial charge in [-0.1, -0.05) is 49.8 Å². The van der Waals surface area contributed by atoms with Gasteiger partial charge in [0.1, 0.15) is 0 Å². The summed E-state index contributed by atoms with van der Waals surface area (Å²) in [4.78, 5) is 4.22. The lowest BCUT2D eigenvalue weighted by Gasteiger charge is -1.96. The molecule has 74 valence electrons. The molecule has 0 N–H and O–H groups in total. The zero-order valence-corrected chi connectivity index (χ0v) is 8.90. The smallest absolute Gasteiger partial charge is 0.0344 e. The Balaban J connectivity index is 2.63. The molecule has 0 aliphatic heterocycles. The molecule has 0 aliphatic rings. The van der Waals surface area contributed by atoms with Gasteiger partial charge in [-0.3, -0.25) is 4.99 Å². The van der Waals surface area contributed by atoms with Crippen molar-refractivity contribution in [2.45, 2.75) is 19.8 Å². The van der Waals surface area contributed by atoms with Crippen LogP contribution in [0.25, 0.3) is 6.08 Å². The maximum absolute atomic E-state index is 4.22. The summed E-state index contributed by atoms with van der Waals surface area (Å²) in [5.74, 6) is 0. The molecule has 0 spiro atoms. The Hall–Kier alpha value is -1.37. The number of hydrogen-bond donors (Lipinski definition) is 0. The summed E-state index contributed by atoms with van der Waals surface area (Å²) in [7, 11) is 1.85. The maximum atomic E-state index is 4.22. The van der Waals surface area contributed by atoms with Crippen molar-refractivity contribution in [1.29, 1.82) is 0 Å². The summed E-state index contributed by atoms with van der Waals surface area (Å²) >= 11 is 0. The minimum Gasteiger partial charge on any atom is -0.293 e. The second kappa shape index (κ2) is 6.14. The molecule has 0 unspecified atom stereocenters. The van der Waals surface area contributed by atoms with Crippen molar-refractivity contribution >= 4 is 11.8 Å². The molecule has 0 aliphatic carbocycles. The number of hydrogen-bond acceptors (Lipinski definition) is 1. The number of rotatable bonds is 4. The topological polar surface area (TPSA) is 12.4 Å². The second-order valence-corrected chi connectivity index (χ2v) is 3.21. The van der Waals surface area contributed by atoms with Gasteiger partial charge in [0.15, 0.2) is 0 Å². The first kappa shape index (κ1) is 10.7. The average Bonchev–Trinajstić information content (AvgIpc) is 2.25. The summed E-state index contributed by atoms with van der Waals surface area (Å²) in [6.07, 6.45) is 6.41. The van der Waals surface area contributed by atoms with E-state index in [9.17, 15) is 0 Å². The zero-order chi connectivity index (χ0) is 10.2. The molecular formula is C13H17N. The minimum absolute atomic E-state index is 1.06. The fraction of sp³-hybridized carbons (Fsp3) is 0.308. The molecule has 0 atom stereocenters. The highest BCUT2D eigenvalue weighted by Crippen LogP contribution is 2.03. The zero-order valence-electron chi connectivity index (χ0n) is 8.90. The quantitative estimate of drug-likeness (QED) is 0.639. The van der Waals surface area contributed by atoms with Crippen LogP contribution in [0.4, 0.5) is 0 Å². The highest BCUT2D eigenvalue weighted by Gasteiger charge is 1.90. The van der Waals surface area contributed by atoms with Crippen LogP contribution < -0.4 is 0 Å². The van der Waals surface area contributed by atoms with E-state index in [0.29, 0.717) is 0 Å². The van der Waals surface area contributed by atoms with Crippen molar-refractivity contribution < 1.29 is 0 Å². The monoisotopic (exact) mass is 187 g/mol. The fourth-order valence-corrected chi connectivity index (χ4v) is 1.28. The van der Waals surface area contributed by atoms with Gasteiger partial charge in [-0.25, -0.2) is 0 Å². The van der Waals surface area contributed by atoms with E-state index in [4.69, 9.17) is 0 Å². The predicted octanol–water partition coefficient (Wildman–Crippen LogP) is 3.57. The van der Waals surface area contributed by atoms with Crippen LogP contribution in [0.1, 0.15) is 25.3 Å². The van der Waals surface area contributed by atoms with Gasteiger partial charge < -0.3 is 0 Å². The van der Waals surface area contributed by atoms with Gasteiger partial charge in [0.2, 0.25) is 0 Å². The third kappa shape index (κ3) is 3.56. The van der Waals surface area contributed by atoms with Crippen LogP contribution in [0.2, 0.25) is 0 Å². The Labute approximate surface area is 86.2 Å². The van der Waals surface area contributed by atoms with Crippen LogP contribution in [0.15, 0.2) is 41.4 Å². The standard InChI is InChI=1S/C13H17N/c1-3-7-13(14-2)11-10-12-8-5-4-6-9-12/h4-6,8-11H,3,7H2,1-2H3/b11-10+,14-13?. The minimum atomic E-state index is 1.06. The van der Waals surface area contributed by atoms with Gasteiger partial charge in [0.25, 0.3) is 0 Å². The molecular weight excluding hydrogens is 170 g/mol. The van der Waals surface area contributed by atoms with Crippen LogP contribution in [-0.4, -0.2) is 12.8 Å². The van der Waals surface area contributed by atoms with E-state index in [-0.39, 0.29) is 0 Å². The lowest BCUT2D eigenvalue weighted by atomic mass is 10.1. The van der Waals surface area contributed by atoms with E-state index in [2.05, 4.69) is 36.2 Å². The van der Waals surface area contributed by atoms with Gasteiger partial charge in [-0.05, 0) is 18.1 Å². The Morgan fingerprint density at radius 2 is 2.00 bits per heavy atom. The predicted molar refractivity (Wildman–Crippen MR) is 63.7 cm³/mol. The van der Waals surface area contributed by atoms with Gasteiger partial charge in [-0.2, -0.15) is 0 Å². The van der Waals surface area contributed by atoms with E-state index in [1.54, 1.807) is 0 Å². The van der Waals surface area contributed by atoms with Crippen LogP contribution in [0.5, 0.6) is 0 Å². The van der Waals surface area contributed by atoms with Crippen molar-refractivity contribution in [3.63, 3.8) is 0 Å². The maximum Gasteiger partial charge on any atom is 0.0344 e. The first-order chi connectivity index (χ1) is 6.86. The highest BCUT2D eigenvalue weighted by molar-refractivity contribution is 5.98. The second-order valence-electron chi connectivity index (χ2n) is 3.21. The molecule has 1 rings (SSSR count). The summed E-state index contributed by atoms with van der Waals surface area (Å²) in [6.45, 7) is 2.17. The Morgan fingerprint density at radius 3 is 2.57 bits per heavy atom. The number of nitrogens with zero attached hydrogens (tertiary/aromatic N) is 1. The molecule has 0 aromatic heterocycles. The molecule has 0 fully saturated rings. The lowest BCUT2D eigenvalue weighted by molar-refractivity contribution is 0.993. The summed E-state index contributed by atoms with van der Waals surface area (Å²) in [5.41, 5.74) is 2.39. The molecule has 1 heteroatoms. The van der Waals surface area contributed by atoms with E-state index in [1.165, 1.54) is 5.56 Å². The van der Waals surface area contributed by atoms with E-state index >= 15 is 0 Å². The largest absolute Gasteiger partial charge is 0.293 e. The van der Waals surface area contributed by atoms with E-state index in [1.807, 2.05) is 25.2 Å². The summed E-state index contributed by atoms with van der Waals surface area (Å²) < 4.78 is 0. The number of allylic oxidation sites excluding steroid dienone is 1. The lowest BCUT2D eigenvalue weighted by Crippen LogP contribution is -1.91. The average molecular weight is 187 g/mol. The van der Waals surface area contributed by atoms with Gasteiger partial charge in [0, 0.05) is 12.8 Å². The van der Waals surface area contributed by atoms with Crippen LogP contribution in [0, 0.1) is 0 Å². The molecule has 1 aromatic rings. The Morgan fingerprint density at radius 1 is 1.29 bits per heavy atom. The number of benzene rings is 1. The van der Waals surface area contributed by atoms with Crippen LogP contribution in [-0.2, 0) is 0 Å². The van der Waals surface area contributed by atoms with Crippen molar-refractivity contribution in [2.24, 2.45) is 4.99 Å². The van der Waals surface area contributed by atoms with Gasteiger partial charge in [0.05, 0.1) is 0 Å². The highest BCUT2D eigenvalue weighted by atomic mass is 14.7. The van der Waals surface area contributed by atoms with Crippen LogP contribution in [0.3, 0.4) is 0 Å². The summed E-state index contributed by atoms with van der Waals surface area (Å²) in [6, 6.07) is 10.3. The van der Waals surface area contributed by atoms with Gasteiger partial charge in [-0.15, -0.1) is 0 Å². The molecule has 1 aromatic carbocycles. The fourth-order valence-electron chi connectivity index (χ4n) is 1.28. The first-order valence-corrected chi connectivity index (χ1v) is 5.05. The molecule has 0 amide bonds. The Kier molecular flexibility index (Phi) is 4.70. The first-order valence-electron chi connectivity index (χ1n) is 5.05. The normalized spacial score (nSPS) is 12.3. The van der Waals surface area contributed by atoms with Gasteiger partial charge >= 0.3 is 0 Å².